The monoisotopic (exact) mass is 263 g/mol. The van der Waals surface area contributed by atoms with E-state index in [1.54, 1.807) is 0 Å². The Balaban J connectivity index is 2.44. The van der Waals surface area contributed by atoms with Gasteiger partial charge in [-0.25, -0.2) is 0 Å². The number of hydrogen-bond acceptors (Lipinski definition) is 3. The quantitative estimate of drug-likeness (QED) is 0.795. The molecule has 0 saturated carbocycles. The molecule has 0 spiro atoms. The third kappa shape index (κ3) is 6.04. The Bertz CT molecular complexity index is 424. The molecule has 0 unspecified atom stereocenters. The maximum absolute atomic E-state index is 11.6. The first-order valence-electron chi connectivity index (χ1n) is 6.42. The molecule has 0 fully saturated rings. The Labute approximate surface area is 114 Å². The zero-order chi connectivity index (χ0) is 14.3. The van der Waals surface area contributed by atoms with Crippen molar-refractivity contribution in [2.24, 2.45) is 5.92 Å². The van der Waals surface area contributed by atoms with Crippen LogP contribution in [0, 0.1) is 5.92 Å². The van der Waals surface area contributed by atoms with E-state index in [2.05, 4.69) is 23.9 Å². The average molecular weight is 263 g/mol. The maximum Gasteiger partial charge on any atom is 0.325 e. The third-order valence-corrected chi connectivity index (χ3v) is 2.69. The molecule has 4 heteroatoms. The Hall–Kier alpha value is -1.84. The van der Waals surface area contributed by atoms with Crippen LogP contribution in [0.3, 0.4) is 0 Å². The maximum atomic E-state index is 11.6. The van der Waals surface area contributed by atoms with Crippen LogP contribution in [0.5, 0.6) is 0 Å². The highest BCUT2D eigenvalue weighted by Gasteiger charge is 2.06. The fourth-order valence-electron chi connectivity index (χ4n) is 1.76. The summed E-state index contributed by atoms with van der Waals surface area (Å²) in [5.41, 5.74) is 2.21. The second-order valence-electron chi connectivity index (χ2n) is 4.94. The molecule has 1 aromatic carbocycles. The van der Waals surface area contributed by atoms with Crippen molar-refractivity contribution in [2.45, 2.75) is 26.7 Å². The van der Waals surface area contributed by atoms with Crippen molar-refractivity contribution in [3.05, 3.63) is 35.4 Å². The van der Waals surface area contributed by atoms with E-state index in [4.69, 9.17) is 0 Å². The SMILES string of the molecule is COC(=O)CNC(=O)Cc1ccc(CC(C)C)cc1. The molecule has 1 rings (SSSR count). The molecule has 0 aliphatic carbocycles. The molecule has 0 atom stereocenters. The topological polar surface area (TPSA) is 55.4 Å². The summed E-state index contributed by atoms with van der Waals surface area (Å²) in [6.45, 7) is 4.27. The Kier molecular flexibility index (Phi) is 6.06. The van der Waals surface area contributed by atoms with Crippen LogP contribution in [-0.2, 0) is 27.2 Å². The molecule has 0 aromatic heterocycles. The van der Waals surface area contributed by atoms with Crippen LogP contribution in [0.25, 0.3) is 0 Å². The van der Waals surface area contributed by atoms with Crippen LogP contribution in [0.15, 0.2) is 24.3 Å². The van der Waals surface area contributed by atoms with E-state index in [-0.39, 0.29) is 18.9 Å². The summed E-state index contributed by atoms with van der Waals surface area (Å²) in [6.07, 6.45) is 1.31. The number of amides is 1. The average Bonchev–Trinajstić information content (AvgIpc) is 2.37. The normalized spacial score (nSPS) is 10.3. The van der Waals surface area contributed by atoms with Gasteiger partial charge in [0.25, 0.3) is 0 Å². The molecule has 1 aromatic rings. The summed E-state index contributed by atoms with van der Waals surface area (Å²) >= 11 is 0. The lowest BCUT2D eigenvalue weighted by molar-refractivity contribution is -0.141. The van der Waals surface area contributed by atoms with E-state index in [9.17, 15) is 9.59 Å². The summed E-state index contributed by atoms with van der Waals surface area (Å²) in [4.78, 5) is 22.5. The molecule has 0 aliphatic rings. The smallest absolute Gasteiger partial charge is 0.325 e. The molecule has 4 nitrogen and oxygen atoms in total. The first-order valence-corrected chi connectivity index (χ1v) is 6.42. The van der Waals surface area contributed by atoms with E-state index < -0.39 is 5.97 Å². The van der Waals surface area contributed by atoms with Gasteiger partial charge in [-0.1, -0.05) is 38.1 Å². The highest BCUT2D eigenvalue weighted by molar-refractivity contribution is 5.83. The van der Waals surface area contributed by atoms with Crippen molar-refractivity contribution >= 4 is 11.9 Å². The minimum absolute atomic E-state index is 0.0826. The number of hydrogen-bond donors (Lipinski definition) is 1. The fraction of sp³-hybridized carbons (Fsp3) is 0.467. The molecule has 1 amide bonds. The van der Waals surface area contributed by atoms with E-state index in [0.29, 0.717) is 5.92 Å². The largest absolute Gasteiger partial charge is 0.468 e. The van der Waals surface area contributed by atoms with Crippen molar-refractivity contribution < 1.29 is 14.3 Å². The van der Waals surface area contributed by atoms with E-state index in [1.165, 1.54) is 12.7 Å². The lowest BCUT2D eigenvalue weighted by atomic mass is 10.0. The van der Waals surface area contributed by atoms with Gasteiger partial charge in [0.2, 0.25) is 5.91 Å². The minimum Gasteiger partial charge on any atom is -0.468 e. The van der Waals surface area contributed by atoms with Crippen LogP contribution in [0.2, 0.25) is 0 Å². The van der Waals surface area contributed by atoms with Crippen LogP contribution >= 0.6 is 0 Å². The molecule has 1 N–H and O–H groups in total. The van der Waals surface area contributed by atoms with Gasteiger partial charge in [0.1, 0.15) is 6.54 Å². The second-order valence-corrected chi connectivity index (χ2v) is 4.94. The van der Waals surface area contributed by atoms with Gasteiger partial charge in [0.15, 0.2) is 0 Å². The van der Waals surface area contributed by atoms with Gasteiger partial charge in [-0.05, 0) is 23.5 Å². The number of rotatable bonds is 6. The van der Waals surface area contributed by atoms with E-state index in [0.717, 1.165) is 12.0 Å². The van der Waals surface area contributed by atoms with Gasteiger partial charge >= 0.3 is 5.97 Å². The summed E-state index contributed by atoms with van der Waals surface area (Å²) in [6, 6.07) is 8.00. The molecule has 0 heterocycles. The zero-order valence-corrected chi connectivity index (χ0v) is 11.7. The van der Waals surface area contributed by atoms with Crippen LogP contribution in [0.4, 0.5) is 0 Å². The zero-order valence-electron chi connectivity index (χ0n) is 11.7. The molecular formula is C15H21NO3. The molecular weight excluding hydrogens is 242 g/mol. The predicted molar refractivity (Wildman–Crippen MR) is 73.7 cm³/mol. The summed E-state index contributed by atoms with van der Waals surface area (Å²) in [5, 5.41) is 2.52. The molecule has 0 saturated heterocycles. The van der Waals surface area contributed by atoms with Gasteiger partial charge < -0.3 is 10.1 Å². The van der Waals surface area contributed by atoms with Gasteiger partial charge in [0, 0.05) is 0 Å². The first-order chi connectivity index (χ1) is 9.01. The Morgan fingerprint density at radius 1 is 1.16 bits per heavy atom. The number of esters is 1. The Morgan fingerprint density at radius 3 is 2.26 bits per heavy atom. The molecule has 104 valence electrons. The van der Waals surface area contributed by atoms with Gasteiger partial charge in [0.05, 0.1) is 13.5 Å². The lowest BCUT2D eigenvalue weighted by Gasteiger charge is -2.07. The van der Waals surface area contributed by atoms with Crippen molar-refractivity contribution in [3.8, 4) is 0 Å². The van der Waals surface area contributed by atoms with Crippen LogP contribution in [-0.4, -0.2) is 25.5 Å². The van der Waals surface area contributed by atoms with Crippen molar-refractivity contribution in [2.75, 3.05) is 13.7 Å². The second kappa shape index (κ2) is 7.56. The minimum atomic E-state index is -0.444. The number of nitrogens with one attached hydrogen (secondary N) is 1. The van der Waals surface area contributed by atoms with Gasteiger partial charge in [-0.3, -0.25) is 9.59 Å². The molecule has 19 heavy (non-hydrogen) atoms. The number of methoxy groups -OCH3 is 1. The number of benzene rings is 1. The van der Waals surface area contributed by atoms with E-state index >= 15 is 0 Å². The summed E-state index contributed by atoms with van der Waals surface area (Å²) in [5.74, 6) is -0.00292. The fourth-order valence-corrected chi connectivity index (χ4v) is 1.76. The number of ether oxygens (including phenoxy) is 1. The van der Waals surface area contributed by atoms with Crippen molar-refractivity contribution in [3.63, 3.8) is 0 Å². The van der Waals surface area contributed by atoms with Gasteiger partial charge in [-0.15, -0.1) is 0 Å². The summed E-state index contributed by atoms with van der Waals surface area (Å²) in [7, 11) is 1.29. The highest BCUT2D eigenvalue weighted by Crippen LogP contribution is 2.10. The first kappa shape index (κ1) is 15.2. The van der Waals surface area contributed by atoms with E-state index in [1.807, 2.05) is 24.3 Å². The molecule has 0 aliphatic heterocycles. The Morgan fingerprint density at radius 2 is 1.74 bits per heavy atom. The predicted octanol–water partition coefficient (Wildman–Crippen LogP) is 1.72. The number of carbonyl (C=O) groups excluding carboxylic acids is 2. The molecule has 0 radical (unpaired) electrons. The van der Waals surface area contributed by atoms with Crippen LogP contribution < -0.4 is 5.32 Å². The van der Waals surface area contributed by atoms with Gasteiger partial charge in [-0.2, -0.15) is 0 Å². The number of carbonyl (C=O) groups is 2. The standard InChI is InChI=1S/C15H21NO3/c1-11(2)8-12-4-6-13(7-5-12)9-14(17)16-10-15(18)19-3/h4-7,11H,8-10H2,1-3H3,(H,16,17). The summed E-state index contributed by atoms with van der Waals surface area (Å²) < 4.78 is 4.45. The third-order valence-electron chi connectivity index (χ3n) is 2.69. The highest BCUT2D eigenvalue weighted by atomic mass is 16.5. The van der Waals surface area contributed by atoms with Crippen LogP contribution in [0.1, 0.15) is 25.0 Å². The van der Waals surface area contributed by atoms with Crippen molar-refractivity contribution in [1.82, 2.24) is 5.32 Å². The van der Waals surface area contributed by atoms with Crippen molar-refractivity contribution in [1.29, 1.82) is 0 Å². The lowest BCUT2D eigenvalue weighted by Crippen LogP contribution is -2.31. The molecule has 0 bridgehead atoms.